The van der Waals surface area contributed by atoms with E-state index in [2.05, 4.69) is 10.6 Å². The average Bonchev–Trinajstić information content (AvgIpc) is 3.73. The first kappa shape index (κ1) is 38.3. The number of carbonyl (C=O) groups excluding carboxylic acids is 2. The summed E-state index contributed by atoms with van der Waals surface area (Å²) in [5, 5.41) is 30.1. The van der Waals surface area contributed by atoms with E-state index in [0.29, 0.717) is 48.2 Å². The molecule has 264 valence electrons. The van der Waals surface area contributed by atoms with Gasteiger partial charge in [-0.2, -0.15) is 0 Å². The van der Waals surface area contributed by atoms with Gasteiger partial charge in [-0.05, 0) is 47.4 Å². The fraction of sp³-hybridized carbons (Fsp3) is 0.0769. The first-order valence-electron chi connectivity index (χ1n) is 15.6. The Morgan fingerprint density at radius 3 is 1.67 bits per heavy atom. The van der Waals surface area contributed by atoms with E-state index in [-0.39, 0.29) is 35.8 Å². The standard InChI is InChI=1S/C20H15Cl2NO3S.C19H14ClNO3S/c21-13-7-8-14(16(22)10-13)15-11-27-19(18(15)20(25)26)23-17(24)9-6-12-4-2-1-3-5-12;20-14-8-6-13(7-9-14)15-11-25-18(17(15)19(23)24)21-16(22)10-12-4-2-1-3-5-12/h1-5,7-8,10-11H,6,9H2,(H,23,24)(H,25,26);1-9,11H,10H2,(H,21,22)(H,23,24). The monoisotopic (exact) mass is 790 g/mol. The van der Waals surface area contributed by atoms with Crippen molar-refractivity contribution in [3.63, 3.8) is 0 Å². The minimum atomic E-state index is -1.13. The van der Waals surface area contributed by atoms with Crippen molar-refractivity contribution in [3.8, 4) is 22.3 Å². The number of aromatic carboxylic acids is 2. The van der Waals surface area contributed by atoms with Crippen LogP contribution in [0.15, 0.2) is 114 Å². The van der Waals surface area contributed by atoms with Crippen molar-refractivity contribution in [2.24, 2.45) is 0 Å². The molecule has 4 aromatic carbocycles. The molecule has 0 aliphatic carbocycles. The molecule has 13 heteroatoms. The highest BCUT2D eigenvalue weighted by atomic mass is 35.5. The second-order valence-electron chi connectivity index (χ2n) is 11.2. The van der Waals surface area contributed by atoms with Crippen LogP contribution in [0, 0.1) is 0 Å². The smallest absolute Gasteiger partial charge is 0.339 e. The molecule has 2 amide bonds. The Morgan fingerprint density at radius 2 is 1.10 bits per heavy atom. The lowest BCUT2D eigenvalue weighted by Crippen LogP contribution is -2.15. The van der Waals surface area contributed by atoms with E-state index in [1.807, 2.05) is 60.7 Å². The normalized spacial score (nSPS) is 10.5. The second kappa shape index (κ2) is 18.0. The van der Waals surface area contributed by atoms with Crippen molar-refractivity contribution in [3.05, 3.63) is 151 Å². The number of carboxylic acid groups (broad SMARTS) is 2. The zero-order valence-electron chi connectivity index (χ0n) is 27.1. The van der Waals surface area contributed by atoms with Gasteiger partial charge < -0.3 is 20.8 Å². The molecule has 0 unspecified atom stereocenters. The van der Waals surface area contributed by atoms with Gasteiger partial charge >= 0.3 is 11.9 Å². The number of carboxylic acids is 2. The van der Waals surface area contributed by atoms with Gasteiger partial charge in [-0.3, -0.25) is 9.59 Å². The predicted octanol–water partition coefficient (Wildman–Crippen LogP) is 10.9. The van der Waals surface area contributed by atoms with Crippen molar-refractivity contribution in [1.29, 1.82) is 0 Å². The average molecular weight is 792 g/mol. The summed E-state index contributed by atoms with van der Waals surface area (Å²) < 4.78 is 0. The van der Waals surface area contributed by atoms with Crippen molar-refractivity contribution < 1.29 is 29.4 Å². The topological polar surface area (TPSA) is 133 Å². The summed E-state index contributed by atoms with van der Waals surface area (Å²) in [6, 6.07) is 30.7. The molecule has 0 spiro atoms. The third kappa shape index (κ3) is 10.1. The molecule has 0 atom stereocenters. The Balaban J connectivity index is 0.000000202. The first-order valence-corrected chi connectivity index (χ1v) is 18.5. The SMILES string of the molecule is O=C(CCc1ccccc1)Nc1scc(-c2ccc(Cl)cc2Cl)c1C(=O)O.O=C(Cc1ccccc1)Nc1scc(-c2ccc(Cl)cc2)c1C(=O)O. The van der Waals surface area contributed by atoms with E-state index >= 15 is 0 Å². The van der Waals surface area contributed by atoms with Crippen LogP contribution in [0.1, 0.15) is 38.3 Å². The quantitative estimate of drug-likeness (QED) is 0.103. The third-order valence-corrected chi connectivity index (χ3v) is 10.2. The number of anilines is 2. The summed E-state index contributed by atoms with van der Waals surface area (Å²) in [5.74, 6) is -2.70. The maximum Gasteiger partial charge on any atom is 0.339 e. The van der Waals surface area contributed by atoms with Gasteiger partial charge in [0.25, 0.3) is 0 Å². The number of rotatable bonds is 11. The van der Waals surface area contributed by atoms with Crippen LogP contribution in [-0.2, 0) is 22.4 Å². The summed E-state index contributed by atoms with van der Waals surface area (Å²) in [5.41, 5.74) is 4.33. The first-order chi connectivity index (χ1) is 25.0. The number of thiophene rings is 2. The van der Waals surface area contributed by atoms with Gasteiger partial charge in [0.05, 0.1) is 6.42 Å². The second-order valence-corrected chi connectivity index (χ2v) is 14.2. The van der Waals surface area contributed by atoms with E-state index in [1.54, 1.807) is 53.2 Å². The molecular formula is C39H29Cl3N2O6S2. The van der Waals surface area contributed by atoms with Crippen molar-refractivity contribution in [1.82, 2.24) is 0 Å². The van der Waals surface area contributed by atoms with Gasteiger partial charge in [0.15, 0.2) is 0 Å². The number of aryl methyl sites for hydroxylation is 1. The fourth-order valence-electron chi connectivity index (χ4n) is 5.12. The summed E-state index contributed by atoms with van der Waals surface area (Å²) in [6.45, 7) is 0. The lowest BCUT2D eigenvalue weighted by molar-refractivity contribution is -0.116. The summed E-state index contributed by atoms with van der Waals surface area (Å²) >= 11 is 20.4. The molecule has 0 radical (unpaired) electrons. The van der Waals surface area contributed by atoms with Crippen molar-refractivity contribution >= 4 is 91.2 Å². The van der Waals surface area contributed by atoms with E-state index in [0.717, 1.165) is 28.0 Å². The molecule has 0 bridgehead atoms. The lowest BCUT2D eigenvalue weighted by atomic mass is 10.0. The highest BCUT2D eigenvalue weighted by Gasteiger charge is 2.23. The Morgan fingerprint density at radius 1 is 0.577 bits per heavy atom. The Kier molecular flexibility index (Phi) is 13.2. The van der Waals surface area contributed by atoms with Crippen LogP contribution in [0.2, 0.25) is 15.1 Å². The van der Waals surface area contributed by atoms with Gasteiger partial charge in [0, 0.05) is 48.9 Å². The van der Waals surface area contributed by atoms with Gasteiger partial charge in [-0.15, -0.1) is 22.7 Å². The van der Waals surface area contributed by atoms with Gasteiger partial charge in [-0.25, -0.2) is 9.59 Å². The maximum absolute atomic E-state index is 12.3. The maximum atomic E-state index is 12.3. The molecule has 6 aromatic rings. The number of hydrogen-bond donors (Lipinski definition) is 4. The number of hydrogen-bond acceptors (Lipinski definition) is 6. The molecule has 0 aliphatic heterocycles. The van der Waals surface area contributed by atoms with E-state index in [9.17, 15) is 29.4 Å². The molecule has 6 rings (SSSR count). The van der Waals surface area contributed by atoms with Crippen LogP contribution in [0.5, 0.6) is 0 Å². The lowest BCUT2D eigenvalue weighted by Gasteiger charge is -2.07. The molecule has 2 aromatic heterocycles. The van der Waals surface area contributed by atoms with Gasteiger partial charge in [-0.1, -0.05) is 114 Å². The Labute approximate surface area is 322 Å². The third-order valence-electron chi connectivity index (χ3n) is 7.58. The largest absolute Gasteiger partial charge is 0.478 e. The molecular weight excluding hydrogens is 763 g/mol. The van der Waals surface area contributed by atoms with Crippen LogP contribution in [0.4, 0.5) is 10.0 Å². The fourth-order valence-corrected chi connectivity index (χ4v) is 7.70. The van der Waals surface area contributed by atoms with Crippen LogP contribution in [0.25, 0.3) is 22.3 Å². The molecule has 0 aliphatic rings. The number of benzene rings is 4. The minimum absolute atomic E-state index is 0.0253. The molecule has 0 saturated heterocycles. The van der Waals surface area contributed by atoms with E-state index < -0.39 is 11.9 Å². The summed E-state index contributed by atoms with van der Waals surface area (Å²) in [4.78, 5) is 48.0. The van der Waals surface area contributed by atoms with Crippen molar-refractivity contribution in [2.75, 3.05) is 10.6 Å². The van der Waals surface area contributed by atoms with E-state index in [4.69, 9.17) is 34.8 Å². The molecule has 4 N–H and O–H groups in total. The molecule has 8 nitrogen and oxygen atoms in total. The van der Waals surface area contributed by atoms with Crippen LogP contribution < -0.4 is 10.6 Å². The number of halogens is 3. The number of carbonyl (C=O) groups is 4. The number of amides is 2. The summed E-state index contributed by atoms with van der Waals surface area (Å²) in [6.07, 6.45) is 1.03. The van der Waals surface area contributed by atoms with Crippen LogP contribution in [-0.4, -0.2) is 34.0 Å². The highest BCUT2D eigenvalue weighted by molar-refractivity contribution is 7.15. The van der Waals surface area contributed by atoms with Crippen LogP contribution in [0.3, 0.4) is 0 Å². The zero-order valence-corrected chi connectivity index (χ0v) is 31.0. The zero-order chi connectivity index (χ0) is 37.2. The number of nitrogens with one attached hydrogen (secondary N) is 2. The van der Waals surface area contributed by atoms with Gasteiger partial charge in [0.1, 0.15) is 21.1 Å². The highest BCUT2D eigenvalue weighted by Crippen LogP contribution is 2.40. The van der Waals surface area contributed by atoms with Crippen LogP contribution >= 0.6 is 57.5 Å². The molecule has 52 heavy (non-hydrogen) atoms. The van der Waals surface area contributed by atoms with Crippen molar-refractivity contribution in [2.45, 2.75) is 19.3 Å². The minimum Gasteiger partial charge on any atom is -0.478 e. The molecule has 2 heterocycles. The van der Waals surface area contributed by atoms with E-state index in [1.165, 1.54) is 11.3 Å². The predicted molar refractivity (Wildman–Crippen MR) is 211 cm³/mol. The summed E-state index contributed by atoms with van der Waals surface area (Å²) in [7, 11) is 0. The molecule has 0 saturated carbocycles. The van der Waals surface area contributed by atoms with Gasteiger partial charge in [0.2, 0.25) is 11.8 Å². The Hall–Kier alpha value is -4.97. The molecule has 0 fully saturated rings. The Bertz CT molecular complexity index is 2200.